The third kappa shape index (κ3) is 5.54. The fourth-order valence-electron chi connectivity index (χ4n) is 2.28. The highest BCUT2D eigenvalue weighted by Gasteiger charge is 2.31. The number of carbonyl (C=O) groups is 1. The Kier molecular flexibility index (Phi) is 5.57. The summed E-state index contributed by atoms with van der Waals surface area (Å²) in [5.74, 6) is 0.177. The maximum absolute atomic E-state index is 12.1. The summed E-state index contributed by atoms with van der Waals surface area (Å²) in [6, 6.07) is 5.27. The molecule has 1 heterocycles. The van der Waals surface area contributed by atoms with Crippen LogP contribution in [0.5, 0.6) is 11.5 Å². The number of nitrogens with zero attached hydrogens (tertiary/aromatic N) is 1. The number of ether oxygens (including phenoxy) is 3. The molecule has 0 aliphatic carbocycles. The molecule has 0 atom stereocenters. The van der Waals surface area contributed by atoms with Gasteiger partial charge in [-0.1, -0.05) is 0 Å². The van der Waals surface area contributed by atoms with Crippen molar-refractivity contribution < 1.29 is 32.2 Å². The van der Waals surface area contributed by atoms with Crippen molar-refractivity contribution >= 4 is 6.09 Å². The van der Waals surface area contributed by atoms with Gasteiger partial charge in [0.05, 0.1) is 6.61 Å². The molecule has 1 aliphatic rings. The molecular weight excluding hydrogens is 315 g/mol. The molecule has 1 aliphatic heterocycles. The van der Waals surface area contributed by atoms with Gasteiger partial charge in [0.1, 0.15) is 17.6 Å². The zero-order valence-electron chi connectivity index (χ0n) is 12.6. The average molecular weight is 333 g/mol. The van der Waals surface area contributed by atoms with E-state index in [2.05, 4.69) is 4.74 Å². The molecule has 1 amide bonds. The molecule has 1 aromatic carbocycles. The predicted octanol–water partition coefficient (Wildman–Crippen LogP) is 3.58. The van der Waals surface area contributed by atoms with E-state index in [-0.39, 0.29) is 17.9 Å². The van der Waals surface area contributed by atoms with Crippen LogP contribution in [-0.4, -0.2) is 43.2 Å². The summed E-state index contributed by atoms with van der Waals surface area (Å²) in [5, 5.41) is 0. The summed E-state index contributed by atoms with van der Waals surface area (Å²) in [7, 11) is 0. The predicted molar refractivity (Wildman–Crippen MR) is 75.4 cm³/mol. The number of hydrogen-bond acceptors (Lipinski definition) is 4. The summed E-state index contributed by atoms with van der Waals surface area (Å²) in [6.45, 7) is 3.14. The number of benzene rings is 1. The fraction of sp³-hybridized carbons (Fsp3) is 0.533. The van der Waals surface area contributed by atoms with Crippen molar-refractivity contribution in [1.29, 1.82) is 0 Å². The first kappa shape index (κ1) is 17.2. The molecular formula is C15H18F3NO4. The van der Waals surface area contributed by atoms with Crippen LogP contribution in [0.4, 0.5) is 18.0 Å². The van der Waals surface area contributed by atoms with Crippen molar-refractivity contribution in [2.45, 2.75) is 32.2 Å². The van der Waals surface area contributed by atoms with Gasteiger partial charge in [0.25, 0.3) is 0 Å². The third-order valence-electron chi connectivity index (χ3n) is 3.33. The van der Waals surface area contributed by atoms with Crippen LogP contribution in [0.2, 0.25) is 0 Å². The van der Waals surface area contributed by atoms with Crippen LogP contribution in [0, 0.1) is 0 Å². The molecule has 0 N–H and O–H groups in total. The second-order valence-corrected chi connectivity index (χ2v) is 5.02. The molecule has 23 heavy (non-hydrogen) atoms. The standard InChI is InChI=1S/C15H18F3NO4/c1-2-21-14(20)19-9-7-12(8-10-19)22-11-3-5-13(6-4-11)23-15(16,17)18/h3-6,12H,2,7-10H2,1H3. The highest BCUT2D eigenvalue weighted by atomic mass is 19.4. The van der Waals surface area contributed by atoms with Crippen molar-refractivity contribution in [2.75, 3.05) is 19.7 Å². The zero-order chi connectivity index (χ0) is 16.9. The Labute approximate surface area is 131 Å². The van der Waals surface area contributed by atoms with Gasteiger partial charge in [-0.3, -0.25) is 0 Å². The van der Waals surface area contributed by atoms with E-state index in [1.54, 1.807) is 11.8 Å². The summed E-state index contributed by atoms with van der Waals surface area (Å²) in [4.78, 5) is 13.2. The quantitative estimate of drug-likeness (QED) is 0.845. The normalized spacial score (nSPS) is 16.1. The topological polar surface area (TPSA) is 48.0 Å². The van der Waals surface area contributed by atoms with Crippen molar-refractivity contribution in [2.24, 2.45) is 0 Å². The fourth-order valence-corrected chi connectivity index (χ4v) is 2.28. The lowest BCUT2D eigenvalue weighted by molar-refractivity contribution is -0.274. The lowest BCUT2D eigenvalue weighted by Crippen LogP contribution is -2.42. The molecule has 2 rings (SSSR count). The van der Waals surface area contributed by atoms with E-state index >= 15 is 0 Å². The SMILES string of the molecule is CCOC(=O)N1CCC(Oc2ccc(OC(F)(F)F)cc2)CC1. The number of alkyl halides is 3. The maximum atomic E-state index is 12.1. The van der Waals surface area contributed by atoms with Gasteiger partial charge in [-0.25, -0.2) is 4.79 Å². The zero-order valence-corrected chi connectivity index (χ0v) is 12.6. The number of amides is 1. The molecule has 1 saturated heterocycles. The number of likely N-dealkylation sites (tertiary alicyclic amines) is 1. The smallest absolute Gasteiger partial charge is 0.490 e. The highest BCUT2D eigenvalue weighted by molar-refractivity contribution is 5.67. The first-order valence-corrected chi connectivity index (χ1v) is 7.31. The van der Waals surface area contributed by atoms with Crippen LogP contribution in [-0.2, 0) is 4.74 Å². The molecule has 8 heteroatoms. The van der Waals surface area contributed by atoms with Crippen molar-refractivity contribution in [3.8, 4) is 11.5 Å². The number of rotatable bonds is 4. The molecule has 0 radical (unpaired) electrons. The minimum absolute atomic E-state index is 0.0879. The van der Waals surface area contributed by atoms with E-state index in [1.165, 1.54) is 24.3 Å². The number of piperidine rings is 1. The van der Waals surface area contributed by atoms with E-state index in [1.807, 2.05) is 0 Å². The van der Waals surface area contributed by atoms with E-state index < -0.39 is 6.36 Å². The molecule has 0 saturated carbocycles. The molecule has 0 aromatic heterocycles. The largest absolute Gasteiger partial charge is 0.573 e. The summed E-state index contributed by atoms with van der Waals surface area (Å²) in [6.07, 6.45) is -3.85. The van der Waals surface area contributed by atoms with Crippen LogP contribution in [0.3, 0.4) is 0 Å². The van der Waals surface area contributed by atoms with Crippen molar-refractivity contribution in [3.05, 3.63) is 24.3 Å². The monoisotopic (exact) mass is 333 g/mol. The van der Waals surface area contributed by atoms with Crippen LogP contribution >= 0.6 is 0 Å². The van der Waals surface area contributed by atoms with Crippen LogP contribution in [0.15, 0.2) is 24.3 Å². The van der Waals surface area contributed by atoms with E-state index in [0.29, 0.717) is 38.3 Å². The highest BCUT2D eigenvalue weighted by Crippen LogP contribution is 2.26. The van der Waals surface area contributed by atoms with Gasteiger partial charge in [0.15, 0.2) is 0 Å². The molecule has 5 nitrogen and oxygen atoms in total. The lowest BCUT2D eigenvalue weighted by Gasteiger charge is -2.31. The van der Waals surface area contributed by atoms with Crippen LogP contribution in [0.25, 0.3) is 0 Å². The first-order chi connectivity index (χ1) is 10.9. The van der Waals surface area contributed by atoms with Gasteiger partial charge >= 0.3 is 12.5 Å². The molecule has 0 unspecified atom stereocenters. The van der Waals surface area contributed by atoms with Gasteiger partial charge < -0.3 is 19.1 Å². The Morgan fingerprint density at radius 1 is 1.17 bits per heavy atom. The molecule has 1 fully saturated rings. The van der Waals surface area contributed by atoms with E-state index in [9.17, 15) is 18.0 Å². The van der Waals surface area contributed by atoms with Gasteiger partial charge in [-0.2, -0.15) is 0 Å². The number of halogens is 3. The molecule has 0 bridgehead atoms. The minimum Gasteiger partial charge on any atom is -0.490 e. The molecule has 128 valence electrons. The van der Waals surface area contributed by atoms with Gasteiger partial charge in [0, 0.05) is 25.9 Å². The minimum atomic E-state index is -4.71. The van der Waals surface area contributed by atoms with Crippen LogP contribution < -0.4 is 9.47 Å². The summed E-state index contributed by atoms with van der Waals surface area (Å²) >= 11 is 0. The third-order valence-corrected chi connectivity index (χ3v) is 3.33. The Hall–Kier alpha value is -2.12. The lowest BCUT2D eigenvalue weighted by atomic mass is 10.1. The van der Waals surface area contributed by atoms with E-state index in [0.717, 1.165) is 0 Å². The maximum Gasteiger partial charge on any atom is 0.573 e. The molecule has 1 aromatic rings. The summed E-state index contributed by atoms with van der Waals surface area (Å²) in [5.41, 5.74) is 0. The molecule has 0 spiro atoms. The van der Waals surface area contributed by atoms with Gasteiger partial charge in [-0.15, -0.1) is 13.2 Å². The van der Waals surface area contributed by atoms with E-state index in [4.69, 9.17) is 9.47 Å². The Morgan fingerprint density at radius 3 is 2.26 bits per heavy atom. The van der Waals surface area contributed by atoms with Crippen LogP contribution in [0.1, 0.15) is 19.8 Å². The van der Waals surface area contributed by atoms with Crippen molar-refractivity contribution in [3.63, 3.8) is 0 Å². The van der Waals surface area contributed by atoms with Gasteiger partial charge in [0.2, 0.25) is 0 Å². The Bertz CT molecular complexity index is 510. The first-order valence-electron chi connectivity index (χ1n) is 7.31. The second kappa shape index (κ2) is 7.43. The summed E-state index contributed by atoms with van der Waals surface area (Å²) < 4.78 is 50.7. The second-order valence-electron chi connectivity index (χ2n) is 5.02. The Morgan fingerprint density at radius 2 is 1.74 bits per heavy atom. The Balaban J connectivity index is 1.81. The van der Waals surface area contributed by atoms with Gasteiger partial charge in [-0.05, 0) is 31.2 Å². The number of carbonyl (C=O) groups excluding carboxylic acids is 1. The van der Waals surface area contributed by atoms with Crippen molar-refractivity contribution in [1.82, 2.24) is 4.90 Å². The number of hydrogen-bond donors (Lipinski definition) is 0. The average Bonchev–Trinajstić information content (AvgIpc) is 2.49.